The summed E-state index contributed by atoms with van der Waals surface area (Å²) in [6.45, 7) is 0.282. The van der Waals surface area contributed by atoms with E-state index in [2.05, 4.69) is 10.3 Å². The van der Waals surface area contributed by atoms with Gasteiger partial charge in [-0.2, -0.15) is 17.5 Å². The first-order valence-electron chi connectivity index (χ1n) is 10.2. The van der Waals surface area contributed by atoms with Crippen LogP contribution in [0.5, 0.6) is 0 Å². The third-order valence-corrected chi connectivity index (χ3v) is 7.21. The molecular weight excluding hydrogens is 443 g/mol. The van der Waals surface area contributed by atoms with Gasteiger partial charge in [0.15, 0.2) is 0 Å². The molecule has 2 aromatic rings. The molecule has 0 saturated heterocycles. The number of aromatic nitrogens is 1. The van der Waals surface area contributed by atoms with Crippen molar-refractivity contribution in [3.8, 4) is 0 Å². The lowest BCUT2D eigenvalue weighted by molar-refractivity contribution is -0.137. The SMILES string of the molecule is O=C(NC1CC1)c1cccc(C2=CCN(S(=O)(=O)Cc3cccc(C(F)(F)F)c3)CC2)n1. The highest BCUT2D eigenvalue weighted by molar-refractivity contribution is 7.88. The quantitative estimate of drug-likeness (QED) is 0.707. The monoisotopic (exact) mass is 465 g/mol. The Kier molecular flexibility index (Phi) is 6.09. The van der Waals surface area contributed by atoms with E-state index >= 15 is 0 Å². The number of amides is 1. The molecule has 1 aliphatic heterocycles. The van der Waals surface area contributed by atoms with Crippen LogP contribution < -0.4 is 5.32 Å². The van der Waals surface area contributed by atoms with E-state index in [0.29, 0.717) is 17.8 Å². The zero-order valence-corrected chi connectivity index (χ0v) is 17.9. The molecule has 0 spiro atoms. The molecule has 2 aliphatic rings. The number of sulfonamides is 1. The summed E-state index contributed by atoms with van der Waals surface area (Å²) in [7, 11) is -3.80. The van der Waals surface area contributed by atoms with Crippen LogP contribution in [0.2, 0.25) is 0 Å². The Morgan fingerprint density at radius 3 is 2.56 bits per heavy atom. The van der Waals surface area contributed by atoms with Gasteiger partial charge in [0.1, 0.15) is 5.69 Å². The van der Waals surface area contributed by atoms with Gasteiger partial charge in [-0.25, -0.2) is 13.4 Å². The number of hydrogen-bond acceptors (Lipinski definition) is 4. The van der Waals surface area contributed by atoms with Crippen molar-refractivity contribution in [2.24, 2.45) is 0 Å². The summed E-state index contributed by atoms with van der Waals surface area (Å²) in [5.74, 6) is -0.731. The number of halogens is 3. The van der Waals surface area contributed by atoms with Crippen molar-refractivity contribution in [1.82, 2.24) is 14.6 Å². The number of carbonyl (C=O) groups excluding carboxylic acids is 1. The second kappa shape index (κ2) is 8.67. The van der Waals surface area contributed by atoms with Gasteiger partial charge in [-0.1, -0.05) is 30.3 Å². The van der Waals surface area contributed by atoms with Gasteiger partial charge in [-0.05, 0) is 48.6 Å². The van der Waals surface area contributed by atoms with Gasteiger partial charge in [0.05, 0.1) is 17.0 Å². The predicted molar refractivity (Wildman–Crippen MR) is 113 cm³/mol. The maximum Gasteiger partial charge on any atom is 0.416 e. The first-order chi connectivity index (χ1) is 15.1. The molecule has 0 radical (unpaired) electrons. The van der Waals surface area contributed by atoms with E-state index in [-0.39, 0.29) is 30.6 Å². The van der Waals surface area contributed by atoms with E-state index in [1.165, 1.54) is 16.4 Å². The number of hydrogen-bond donors (Lipinski definition) is 1. The molecule has 1 N–H and O–H groups in total. The second-order valence-electron chi connectivity index (χ2n) is 7.95. The largest absolute Gasteiger partial charge is 0.416 e. The molecule has 32 heavy (non-hydrogen) atoms. The van der Waals surface area contributed by atoms with Crippen LogP contribution in [0, 0.1) is 0 Å². The van der Waals surface area contributed by atoms with Crippen LogP contribution in [-0.2, 0) is 22.0 Å². The number of carbonyl (C=O) groups is 1. The standard InChI is InChI=1S/C22H22F3N3O3S/c23-22(24,25)17-4-1-3-15(13-17)14-32(30,31)28-11-9-16(10-12-28)19-5-2-6-20(27-19)21(29)26-18-7-8-18/h1-6,9,13,18H,7-8,10-12,14H2,(H,26,29). The molecule has 1 aliphatic carbocycles. The van der Waals surface area contributed by atoms with E-state index in [9.17, 15) is 26.4 Å². The molecule has 1 amide bonds. The van der Waals surface area contributed by atoms with Gasteiger partial charge in [-0.15, -0.1) is 0 Å². The summed E-state index contributed by atoms with van der Waals surface area (Å²) in [6.07, 6.45) is -0.455. The summed E-state index contributed by atoms with van der Waals surface area (Å²) in [4.78, 5) is 16.6. The van der Waals surface area contributed by atoms with E-state index in [1.807, 2.05) is 0 Å². The van der Waals surface area contributed by atoms with E-state index < -0.39 is 27.5 Å². The fourth-order valence-electron chi connectivity index (χ4n) is 3.50. The van der Waals surface area contributed by atoms with E-state index in [1.54, 1.807) is 24.3 Å². The number of pyridine rings is 1. The minimum absolute atomic E-state index is 0.0886. The molecule has 4 rings (SSSR count). The van der Waals surface area contributed by atoms with Gasteiger partial charge < -0.3 is 5.32 Å². The van der Waals surface area contributed by atoms with Crippen molar-refractivity contribution >= 4 is 21.5 Å². The highest BCUT2D eigenvalue weighted by Gasteiger charge is 2.31. The molecule has 0 unspecified atom stereocenters. The molecule has 170 valence electrons. The highest BCUT2D eigenvalue weighted by atomic mass is 32.2. The number of alkyl halides is 3. The Hall–Kier alpha value is -2.72. The van der Waals surface area contributed by atoms with Crippen molar-refractivity contribution < 1.29 is 26.4 Å². The molecule has 0 bridgehead atoms. The first kappa shape index (κ1) is 22.5. The fraction of sp³-hybridized carbons (Fsp3) is 0.364. The molecule has 1 fully saturated rings. The highest BCUT2D eigenvalue weighted by Crippen LogP contribution is 2.30. The van der Waals surface area contributed by atoms with Gasteiger partial charge in [0.25, 0.3) is 5.91 Å². The van der Waals surface area contributed by atoms with Gasteiger partial charge in [-0.3, -0.25) is 4.79 Å². The Labute approximate surface area is 184 Å². The number of benzene rings is 1. The molecule has 1 saturated carbocycles. The summed E-state index contributed by atoms with van der Waals surface area (Å²) < 4.78 is 65.5. The molecule has 2 heterocycles. The Morgan fingerprint density at radius 2 is 1.91 bits per heavy atom. The molecule has 6 nitrogen and oxygen atoms in total. The smallest absolute Gasteiger partial charge is 0.348 e. The third kappa shape index (κ3) is 5.36. The minimum atomic E-state index is -4.53. The minimum Gasteiger partial charge on any atom is -0.348 e. The van der Waals surface area contributed by atoms with Crippen LogP contribution in [0.25, 0.3) is 5.57 Å². The van der Waals surface area contributed by atoms with Crippen LogP contribution in [0.4, 0.5) is 13.2 Å². The predicted octanol–water partition coefficient (Wildman–Crippen LogP) is 3.61. The molecule has 1 aromatic heterocycles. The number of nitrogens with zero attached hydrogens (tertiary/aromatic N) is 2. The van der Waals surface area contributed by atoms with Crippen LogP contribution in [0.1, 0.15) is 46.6 Å². The summed E-state index contributed by atoms with van der Waals surface area (Å²) in [5.41, 5.74) is 0.975. The van der Waals surface area contributed by atoms with E-state index in [4.69, 9.17) is 0 Å². The van der Waals surface area contributed by atoms with Gasteiger partial charge in [0, 0.05) is 19.1 Å². The van der Waals surface area contributed by atoms with Crippen molar-refractivity contribution in [3.63, 3.8) is 0 Å². The second-order valence-corrected chi connectivity index (χ2v) is 9.92. The van der Waals surface area contributed by atoms with E-state index in [0.717, 1.165) is 30.5 Å². The average Bonchev–Trinajstić information content (AvgIpc) is 3.57. The zero-order chi connectivity index (χ0) is 22.9. The summed E-state index contributed by atoms with van der Waals surface area (Å²) >= 11 is 0. The normalized spacial score (nSPS) is 17.7. The Balaban J connectivity index is 1.44. The molecule has 10 heteroatoms. The Bertz CT molecular complexity index is 1160. The van der Waals surface area contributed by atoms with Crippen molar-refractivity contribution in [3.05, 3.63) is 71.1 Å². The average molecular weight is 465 g/mol. The maximum atomic E-state index is 12.9. The lowest BCUT2D eigenvalue weighted by atomic mass is 10.1. The van der Waals surface area contributed by atoms with Crippen molar-refractivity contribution in [2.45, 2.75) is 37.2 Å². The van der Waals surface area contributed by atoms with Crippen LogP contribution in [0.15, 0.2) is 48.5 Å². The fourth-order valence-corrected chi connectivity index (χ4v) is 4.96. The van der Waals surface area contributed by atoms with Gasteiger partial charge in [0.2, 0.25) is 10.0 Å². The van der Waals surface area contributed by atoms with Gasteiger partial charge >= 0.3 is 6.18 Å². The molecule has 1 aromatic carbocycles. The lowest BCUT2D eigenvalue weighted by Crippen LogP contribution is -2.35. The van der Waals surface area contributed by atoms with Crippen LogP contribution >= 0.6 is 0 Å². The molecular formula is C22H22F3N3O3S. The van der Waals surface area contributed by atoms with Crippen molar-refractivity contribution in [1.29, 1.82) is 0 Å². The maximum absolute atomic E-state index is 12.9. The van der Waals surface area contributed by atoms with Crippen LogP contribution in [-0.4, -0.2) is 42.7 Å². The third-order valence-electron chi connectivity index (χ3n) is 5.39. The van der Waals surface area contributed by atoms with Crippen molar-refractivity contribution in [2.75, 3.05) is 13.1 Å². The number of nitrogens with one attached hydrogen (secondary N) is 1. The molecule has 0 atom stereocenters. The summed E-state index contributed by atoms with van der Waals surface area (Å²) in [6, 6.07) is 9.73. The van der Waals surface area contributed by atoms with Crippen LogP contribution in [0.3, 0.4) is 0 Å². The summed E-state index contributed by atoms with van der Waals surface area (Å²) in [5, 5.41) is 2.88. The number of rotatable bonds is 6. The first-order valence-corrected chi connectivity index (χ1v) is 11.8. The Morgan fingerprint density at radius 1 is 1.16 bits per heavy atom. The topological polar surface area (TPSA) is 79.4 Å². The lowest BCUT2D eigenvalue weighted by Gasteiger charge is -2.26. The zero-order valence-electron chi connectivity index (χ0n) is 17.1.